The van der Waals surface area contributed by atoms with Crippen LogP contribution in [0.1, 0.15) is 40.5 Å². The van der Waals surface area contributed by atoms with Crippen molar-refractivity contribution in [2.45, 2.75) is 40.5 Å². The van der Waals surface area contributed by atoms with Gasteiger partial charge in [0.2, 0.25) is 0 Å². The molecule has 1 rings (SSSR count). The van der Waals surface area contributed by atoms with Gasteiger partial charge in [-0.3, -0.25) is 0 Å². The Bertz CT molecular complexity index is 123. The van der Waals surface area contributed by atoms with Crippen LogP contribution in [-0.4, -0.2) is 6.54 Å². The predicted octanol–water partition coefficient (Wildman–Crippen LogP) is 2.94. The van der Waals surface area contributed by atoms with E-state index in [0.29, 0.717) is 5.41 Å². The molecule has 0 aromatic rings. The Balaban J connectivity index is 0.000000461. The van der Waals surface area contributed by atoms with Crippen LogP contribution in [-0.2, 0) is 0 Å². The third kappa shape index (κ3) is 4.88. The van der Waals surface area contributed by atoms with Crippen molar-refractivity contribution in [3.05, 3.63) is 12.3 Å². The van der Waals surface area contributed by atoms with Gasteiger partial charge in [-0.25, -0.2) is 0 Å². The summed E-state index contributed by atoms with van der Waals surface area (Å²) in [7, 11) is 0. The molecule has 0 saturated heterocycles. The molecule has 66 valence electrons. The highest BCUT2D eigenvalue weighted by Crippen LogP contribution is 2.44. The van der Waals surface area contributed by atoms with E-state index in [9.17, 15) is 0 Å². The third-order valence-corrected chi connectivity index (χ3v) is 1.92. The first-order valence-corrected chi connectivity index (χ1v) is 4.52. The van der Waals surface area contributed by atoms with E-state index in [1.807, 2.05) is 20.8 Å². The summed E-state index contributed by atoms with van der Waals surface area (Å²) in [5, 5.41) is 3.25. The summed E-state index contributed by atoms with van der Waals surface area (Å²) in [5.74, 6) is 0. The van der Waals surface area contributed by atoms with Gasteiger partial charge < -0.3 is 5.32 Å². The molecule has 1 N–H and O–H groups in total. The number of nitrogens with one attached hydrogen (secondary N) is 1. The minimum atomic E-state index is 0.610. The zero-order chi connectivity index (χ0) is 8.91. The lowest BCUT2D eigenvalue weighted by Crippen LogP contribution is -2.19. The first-order valence-electron chi connectivity index (χ1n) is 4.52. The molecular formula is C10H21N. The molecule has 1 nitrogen and oxygen atoms in total. The molecule has 0 aliphatic heterocycles. The number of allylic oxidation sites excluding steroid dienone is 1. The molecule has 11 heavy (non-hydrogen) atoms. The number of rotatable bonds is 3. The third-order valence-electron chi connectivity index (χ3n) is 1.92. The van der Waals surface area contributed by atoms with E-state index in [4.69, 9.17) is 0 Å². The Morgan fingerprint density at radius 2 is 1.91 bits per heavy atom. The summed E-state index contributed by atoms with van der Waals surface area (Å²) in [5.41, 5.74) is 1.70. The van der Waals surface area contributed by atoms with Crippen molar-refractivity contribution in [3.8, 4) is 0 Å². The van der Waals surface area contributed by atoms with Gasteiger partial charge in [0.25, 0.3) is 0 Å². The lowest BCUT2D eigenvalue weighted by molar-refractivity contribution is 0.534. The minimum Gasteiger partial charge on any atom is -0.388 e. The molecule has 0 bridgehead atoms. The fraction of sp³-hybridized carbons (Fsp3) is 0.800. The molecule has 0 amide bonds. The number of hydrogen-bond donors (Lipinski definition) is 1. The van der Waals surface area contributed by atoms with E-state index in [1.165, 1.54) is 12.8 Å². The molecule has 0 heterocycles. The zero-order valence-corrected chi connectivity index (χ0v) is 8.33. The van der Waals surface area contributed by atoms with E-state index < -0.39 is 0 Å². The lowest BCUT2D eigenvalue weighted by Gasteiger charge is -2.09. The molecule has 0 spiro atoms. The smallest absolute Gasteiger partial charge is 0.0197 e. The molecule has 1 aliphatic rings. The monoisotopic (exact) mass is 155 g/mol. The maximum Gasteiger partial charge on any atom is 0.0197 e. The maximum atomic E-state index is 3.77. The van der Waals surface area contributed by atoms with Crippen LogP contribution < -0.4 is 5.32 Å². The highest BCUT2D eigenvalue weighted by atomic mass is 14.9. The molecule has 1 fully saturated rings. The van der Waals surface area contributed by atoms with Gasteiger partial charge in [0.15, 0.2) is 0 Å². The van der Waals surface area contributed by atoms with Crippen LogP contribution in [0.2, 0.25) is 0 Å². The van der Waals surface area contributed by atoms with Crippen molar-refractivity contribution in [3.63, 3.8) is 0 Å². The molecule has 0 unspecified atom stereocenters. The first-order chi connectivity index (χ1) is 5.12. The topological polar surface area (TPSA) is 12.0 Å². The van der Waals surface area contributed by atoms with Crippen molar-refractivity contribution < 1.29 is 0 Å². The van der Waals surface area contributed by atoms with Crippen LogP contribution in [0, 0.1) is 5.41 Å². The fourth-order valence-electron chi connectivity index (χ4n) is 0.754. The van der Waals surface area contributed by atoms with Gasteiger partial charge in [-0.1, -0.05) is 27.4 Å². The van der Waals surface area contributed by atoms with Crippen molar-refractivity contribution in [1.82, 2.24) is 5.32 Å². The highest BCUT2D eigenvalue weighted by molar-refractivity contribution is 4.95. The molecule has 0 aromatic carbocycles. The van der Waals surface area contributed by atoms with Gasteiger partial charge >= 0.3 is 0 Å². The first kappa shape index (κ1) is 10.5. The van der Waals surface area contributed by atoms with Crippen LogP contribution >= 0.6 is 0 Å². The summed E-state index contributed by atoms with van der Waals surface area (Å²) in [6.45, 7) is 13.2. The van der Waals surface area contributed by atoms with Gasteiger partial charge in [0.1, 0.15) is 0 Å². The SMILES string of the molecule is C=C(C)NCC1(C)CC1.CC. The second kappa shape index (κ2) is 4.42. The van der Waals surface area contributed by atoms with E-state index in [1.54, 1.807) is 0 Å². The predicted molar refractivity (Wildman–Crippen MR) is 51.5 cm³/mol. The van der Waals surface area contributed by atoms with Crippen LogP contribution in [0.5, 0.6) is 0 Å². The van der Waals surface area contributed by atoms with Gasteiger partial charge in [-0.2, -0.15) is 0 Å². The van der Waals surface area contributed by atoms with E-state index >= 15 is 0 Å². The summed E-state index contributed by atoms with van der Waals surface area (Å²) < 4.78 is 0. The second-order valence-electron chi connectivity index (χ2n) is 3.44. The Morgan fingerprint density at radius 1 is 1.45 bits per heavy atom. The van der Waals surface area contributed by atoms with E-state index in [2.05, 4.69) is 18.8 Å². The summed E-state index contributed by atoms with van der Waals surface area (Å²) >= 11 is 0. The van der Waals surface area contributed by atoms with Gasteiger partial charge in [0.05, 0.1) is 0 Å². The molecule has 0 aromatic heterocycles. The Kier molecular flexibility index (Phi) is 4.24. The standard InChI is InChI=1S/C8H15N.C2H6/c1-7(2)9-6-8(3)4-5-8;1-2/h9H,1,4-6H2,2-3H3;1-2H3. The molecule has 1 saturated carbocycles. The van der Waals surface area contributed by atoms with Gasteiger partial charge in [-0.05, 0) is 25.2 Å². The Labute approximate surface area is 70.9 Å². The average Bonchev–Trinajstić information content (AvgIpc) is 2.70. The summed E-state index contributed by atoms with van der Waals surface area (Å²) in [6.07, 6.45) is 2.76. The molecule has 1 aliphatic carbocycles. The maximum absolute atomic E-state index is 3.77. The summed E-state index contributed by atoms with van der Waals surface area (Å²) in [6, 6.07) is 0. The van der Waals surface area contributed by atoms with Gasteiger partial charge in [-0.15, -0.1) is 0 Å². The molecule has 0 radical (unpaired) electrons. The van der Waals surface area contributed by atoms with Crippen LogP contribution in [0.3, 0.4) is 0 Å². The van der Waals surface area contributed by atoms with Gasteiger partial charge in [0, 0.05) is 12.2 Å². The van der Waals surface area contributed by atoms with Crippen molar-refractivity contribution in [2.75, 3.05) is 6.54 Å². The van der Waals surface area contributed by atoms with E-state index in [-0.39, 0.29) is 0 Å². The molecule has 0 atom stereocenters. The van der Waals surface area contributed by atoms with Crippen molar-refractivity contribution >= 4 is 0 Å². The average molecular weight is 155 g/mol. The van der Waals surface area contributed by atoms with Crippen LogP contribution in [0.4, 0.5) is 0 Å². The lowest BCUT2D eigenvalue weighted by atomic mass is 10.1. The zero-order valence-electron chi connectivity index (χ0n) is 8.33. The van der Waals surface area contributed by atoms with Crippen molar-refractivity contribution in [1.29, 1.82) is 0 Å². The highest BCUT2D eigenvalue weighted by Gasteiger charge is 2.36. The molecular weight excluding hydrogens is 134 g/mol. The van der Waals surface area contributed by atoms with Crippen LogP contribution in [0.15, 0.2) is 12.3 Å². The minimum absolute atomic E-state index is 0.610. The quantitative estimate of drug-likeness (QED) is 0.660. The largest absolute Gasteiger partial charge is 0.388 e. The van der Waals surface area contributed by atoms with E-state index in [0.717, 1.165) is 12.2 Å². The van der Waals surface area contributed by atoms with Crippen LogP contribution in [0.25, 0.3) is 0 Å². The number of hydrogen-bond acceptors (Lipinski definition) is 1. The summed E-state index contributed by atoms with van der Waals surface area (Å²) in [4.78, 5) is 0. The normalized spacial score (nSPS) is 17.8. The fourth-order valence-corrected chi connectivity index (χ4v) is 0.754. The molecule has 1 heteroatoms. The Morgan fingerprint density at radius 3 is 2.18 bits per heavy atom. The Hall–Kier alpha value is -0.460. The second-order valence-corrected chi connectivity index (χ2v) is 3.44. The van der Waals surface area contributed by atoms with Crippen molar-refractivity contribution in [2.24, 2.45) is 5.41 Å².